The van der Waals surface area contributed by atoms with Crippen molar-refractivity contribution < 1.29 is 13.2 Å². The summed E-state index contributed by atoms with van der Waals surface area (Å²) in [7, 11) is -3.96. The van der Waals surface area contributed by atoms with Gasteiger partial charge in [0.1, 0.15) is 0 Å². The van der Waals surface area contributed by atoms with Gasteiger partial charge in [0.2, 0.25) is 0 Å². The summed E-state index contributed by atoms with van der Waals surface area (Å²) >= 11 is 13.0. The van der Waals surface area contributed by atoms with Crippen LogP contribution in [0, 0.1) is 5.92 Å². The van der Waals surface area contributed by atoms with E-state index < -0.39 is 10.0 Å². The van der Waals surface area contributed by atoms with E-state index >= 15 is 0 Å². The fourth-order valence-corrected chi connectivity index (χ4v) is 7.34. The summed E-state index contributed by atoms with van der Waals surface area (Å²) in [5.74, 6) is -0.347. The lowest BCUT2D eigenvalue weighted by atomic mass is 9.77. The Morgan fingerprint density at radius 1 is 0.930 bits per heavy atom. The topological polar surface area (TPSA) is 78.8 Å². The summed E-state index contributed by atoms with van der Waals surface area (Å²) in [6.45, 7) is 0. The Morgan fingerprint density at radius 2 is 1.60 bits per heavy atom. The third-order valence-corrected chi connectivity index (χ3v) is 10.3. The van der Waals surface area contributed by atoms with Gasteiger partial charge in [-0.05, 0) is 109 Å². The number of hydrogen-bond acceptors (Lipinski definition) is 4. The molecule has 1 amide bonds. The molecule has 0 spiro atoms. The molecule has 1 N–H and O–H groups in total. The van der Waals surface area contributed by atoms with Crippen LogP contribution in [0.4, 0.5) is 5.69 Å². The minimum atomic E-state index is -3.96. The smallest absolute Gasteiger partial charge is 0.274 e. The number of nitrogens with one attached hydrogen (secondary N) is 1. The number of hydrogen-bond donors (Lipinski definition) is 1. The molecule has 0 saturated heterocycles. The molecule has 43 heavy (non-hydrogen) atoms. The van der Waals surface area contributed by atoms with Crippen molar-refractivity contribution in [3.63, 3.8) is 0 Å². The summed E-state index contributed by atoms with van der Waals surface area (Å²) in [4.78, 5) is 14.2. The largest absolute Gasteiger partial charge is 0.280 e. The van der Waals surface area contributed by atoms with Gasteiger partial charge in [-0.2, -0.15) is 5.10 Å². The molecule has 2 atom stereocenters. The van der Waals surface area contributed by atoms with E-state index in [0.717, 1.165) is 50.6 Å². The van der Waals surface area contributed by atoms with Gasteiger partial charge in [-0.3, -0.25) is 9.52 Å². The standard InChI is InChI=1S/C33H26Br2ClN3O3S/c34-25-11-7-21(8-12-25)19-23-3-2-6-30-31(23)37-39(32(30)22-9-13-26(35)14-10-22)33(40)24-4-1-5-29(20-24)43(41,42)38-28-17-15-27(36)16-18-28/h1,4-5,7-20,30,32,38H,2-3,6H2/b23-19+/t30-,32-/m1/s1. The maximum atomic E-state index is 14.2. The van der Waals surface area contributed by atoms with Crippen LogP contribution >= 0.6 is 43.5 Å². The van der Waals surface area contributed by atoms with Crippen LogP contribution in [0.1, 0.15) is 46.8 Å². The molecule has 1 saturated carbocycles. The molecule has 1 aliphatic carbocycles. The van der Waals surface area contributed by atoms with E-state index in [0.29, 0.717) is 10.7 Å². The van der Waals surface area contributed by atoms with Gasteiger partial charge in [0.25, 0.3) is 15.9 Å². The summed E-state index contributed by atoms with van der Waals surface area (Å²) in [5.41, 5.74) is 4.66. The van der Waals surface area contributed by atoms with E-state index in [1.54, 1.807) is 41.4 Å². The number of anilines is 1. The zero-order valence-electron chi connectivity index (χ0n) is 22.8. The van der Waals surface area contributed by atoms with Crippen molar-refractivity contribution in [1.82, 2.24) is 5.01 Å². The molecule has 4 aromatic rings. The molecule has 218 valence electrons. The van der Waals surface area contributed by atoms with Crippen molar-refractivity contribution in [3.8, 4) is 0 Å². The van der Waals surface area contributed by atoms with Crippen LogP contribution in [0.25, 0.3) is 6.08 Å². The first-order valence-corrected chi connectivity index (χ1v) is 17.2. The first-order valence-electron chi connectivity index (χ1n) is 13.7. The lowest BCUT2D eigenvalue weighted by Crippen LogP contribution is -2.32. The number of nitrogens with zero attached hydrogens (tertiary/aromatic N) is 2. The molecule has 0 radical (unpaired) electrons. The maximum absolute atomic E-state index is 14.2. The number of sulfonamides is 1. The van der Waals surface area contributed by atoms with E-state index in [-0.39, 0.29) is 28.3 Å². The van der Waals surface area contributed by atoms with Gasteiger partial charge < -0.3 is 0 Å². The molecule has 1 aliphatic heterocycles. The van der Waals surface area contributed by atoms with Gasteiger partial charge in [0, 0.05) is 31.1 Å². The van der Waals surface area contributed by atoms with Crippen LogP contribution in [0.5, 0.6) is 0 Å². The van der Waals surface area contributed by atoms with Crippen LogP contribution in [0.2, 0.25) is 5.02 Å². The van der Waals surface area contributed by atoms with Gasteiger partial charge in [-0.25, -0.2) is 13.4 Å². The minimum Gasteiger partial charge on any atom is -0.280 e. The van der Waals surface area contributed by atoms with Crippen LogP contribution in [-0.2, 0) is 10.0 Å². The number of halogens is 3. The highest BCUT2D eigenvalue weighted by atomic mass is 79.9. The molecule has 10 heteroatoms. The predicted molar refractivity (Wildman–Crippen MR) is 179 cm³/mol. The second-order valence-electron chi connectivity index (χ2n) is 10.5. The quantitative estimate of drug-likeness (QED) is 0.214. The molecular weight excluding hydrogens is 714 g/mol. The molecular formula is C33H26Br2ClN3O3S. The fourth-order valence-electron chi connectivity index (χ4n) is 5.58. The van der Waals surface area contributed by atoms with Gasteiger partial charge in [-0.15, -0.1) is 0 Å². The van der Waals surface area contributed by atoms with Crippen LogP contribution in [0.3, 0.4) is 0 Å². The summed E-state index contributed by atoms with van der Waals surface area (Å²) in [6.07, 6.45) is 4.88. The highest BCUT2D eigenvalue weighted by Crippen LogP contribution is 2.45. The lowest BCUT2D eigenvalue weighted by Gasteiger charge is -2.29. The highest BCUT2D eigenvalue weighted by molar-refractivity contribution is 9.10. The van der Waals surface area contributed by atoms with Crippen molar-refractivity contribution in [2.24, 2.45) is 11.0 Å². The second kappa shape index (κ2) is 12.4. The molecule has 2 aliphatic rings. The van der Waals surface area contributed by atoms with Crippen molar-refractivity contribution in [1.29, 1.82) is 0 Å². The number of carbonyl (C=O) groups is 1. The Hall–Kier alpha value is -3.24. The van der Waals surface area contributed by atoms with Gasteiger partial charge in [0.15, 0.2) is 0 Å². The van der Waals surface area contributed by atoms with E-state index in [2.05, 4.69) is 54.8 Å². The summed E-state index contributed by atoms with van der Waals surface area (Å²) < 4.78 is 31.0. The fraction of sp³-hybridized carbons (Fsp3) is 0.152. The van der Waals surface area contributed by atoms with Crippen LogP contribution < -0.4 is 4.72 Å². The second-order valence-corrected chi connectivity index (χ2v) is 14.4. The van der Waals surface area contributed by atoms with E-state index in [1.807, 2.05) is 36.4 Å². The Labute approximate surface area is 272 Å². The van der Waals surface area contributed by atoms with E-state index in [9.17, 15) is 13.2 Å². The summed E-state index contributed by atoms with van der Waals surface area (Å²) in [5, 5.41) is 7.01. The number of hydrazone groups is 1. The molecule has 0 bridgehead atoms. The number of benzene rings is 4. The van der Waals surface area contributed by atoms with Gasteiger partial charge in [-0.1, -0.05) is 73.8 Å². The van der Waals surface area contributed by atoms with Crippen molar-refractivity contribution in [2.45, 2.75) is 30.2 Å². The normalized spacial score (nSPS) is 19.2. The van der Waals surface area contributed by atoms with E-state index in [4.69, 9.17) is 16.7 Å². The highest BCUT2D eigenvalue weighted by Gasteiger charge is 2.44. The molecule has 6 nitrogen and oxygen atoms in total. The molecule has 4 aromatic carbocycles. The maximum Gasteiger partial charge on any atom is 0.274 e. The Bertz CT molecular complexity index is 1840. The number of allylic oxidation sites excluding steroid dienone is 1. The molecule has 0 unspecified atom stereocenters. The van der Waals surface area contributed by atoms with Crippen molar-refractivity contribution in [3.05, 3.63) is 133 Å². The number of carbonyl (C=O) groups excluding carboxylic acids is 1. The molecule has 0 aromatic heterocycles. The first kappa shape index (κ1) is 29.8. The number of fused-ring (bicyclic) bond motifs is 1. The monoisotopic (exact) mass is 737 g/mol. The lowest BCUT2D eigenvalue weighted by molar-refractivity contribution is 0.0680. The average molecular weight is 740 g/mol. The third kappa shape index (κ3) is 6.50. The van der Waals surface area contributed by atoms with Crippen molar-refractivity contribution in [2.75, 3.05) is 4.72 Å². The third-order valence-electron chi connectivity index (χ3n) is 7.62. The SMILES string of the molecule is O=C(c1cccc(S(=O)(=O)Nc2ccc(Cl)cc2)c1)N1N=C2/C(=C/c3ccc(Br)cc3)CCC[C@H]2[C@H]1c1ccc(Br)cc1. The Balaban J connectivity index is 1.37. The van der Waals surface area contributed by atoms with Crippen LogP contribution in [-0.4, -0.2) is 25.0 Å². The zero-order chi connectivity index (χ0) is 30.1. The zero-order valence-corrected chi connectivity index (χ0v) is 27.5. The van der Waals surface area contributed by atoms with E-state index in [1.165, 1.54) is 12.1 Å². The van der Waals surface area contributed by atoms with Gasteiger partial charge >= 0.3 is 0 Å². The Morgan fingerprint density at radius 3 is 2.30 bits per heavy atom. The molecule has 1 heterocycles. The predicted octanol–water partition coefficient (Wildman–Crippen LogP) is 9.10. The van der Waals surface area contributed by atoms with Crippen molar-refractivity contribution >= 4 is 76.9 Å². The summed E-state index contributed by atoms with van der Waals surface area (Å²) in [6, 6.07) is 28.2. The van der Waals surface area contributed by atoms with Gasteiger partial charge in [0.05, 0.1) is 16.6 Å². The molecule has 1 fully saturated rings. The number of amides is 1. The van der Waals surface area contributed by atoms with Crippen LogP contribution in [0.15, 0.2) is 122 Å². The minimum absolute atomic E-state index is 0.0130. The number of rotatable bonds is 6. The average Bonchev–Trinajstić information content (AvgIpc) is 3.40. The first-order chi connectivity index (χ1) is 20.7. The Kier molecular flexibility index (Phi) is 8.60. The molecule has 6 rings (SSSR count).